The van der Waals surface area contributed by atoms with Gasteiger partial charge in [-0.3, -0.25) is 14.5 Å². The number of anilines is 1. The molecule has 1 aromatic carbocycles. The molecule has 3 atom stereocenters. The Morgan fingerprint density at radius 3 is 2.26 bits per heavy atom. The molecule has 0 spiro atoms. The summed E-state index contributed by atoms with van der Waals surface area (Å²) in [4.78, 5) is 34.3. The summed E-state index contributed by atoms with van der Waals surface area (Å²) in [6, 6.07) is 3.97. The van der Waals surface area contributed by atoms with Crippen molar-refractivity contribution in [2.75, 3.05) is 18.5 Å². The molecule has 0 aliphatic heterocycles. The zero-order valence-corrected chi connectivity index (χ0v) is 27.7. The summed E-state index contributed by atoms with van der Waals surface area (Å²) in [5.41, 5.74) is 9.75. The van der Waals surface area contributed by atoms with Crippen LogP contribution in [0.5, 0.6) is 0 Å². The quantitative estimate of drug-likeness (QED) is 0.208. The lowest BCUT2D eigenvalue weighted by molar-refractivity contribution is -0.140. The molecule has 10 heteroatoms. The molecule has 0 unspecified atom stereocenters. The number of benzene rings is 1. The minimum Gasteiger partial charge on any atom is -0.480 e. The van der Waals surface area contributed by atoms with Crippen molar-refractivity contribution in [3.05, 3.63) is 38.3 Å². The van der Waals surface area contributed by atoms with Gasteiger partial charge in [0.1, 0.15) is 6.04 Å². The van der Waals surface area contributed by atoms with Gasteiger partial charge in [-0.2, -0.15) is 12.6 Å². The van der Waals surface area contributed by atoms with Crippen LogP contribution in [0.4, 0.5) is 5.69 Å². The van der Waals surface area contributed by atoms with Crippen molar-refractivity contribution >= 4 is 67.8 Å². The van der Waals surface area contributed by atoms with E-state index in [4.69, 9.17) is 10.8 Å². The van der Waals surface area contributed by atoms with E-state index in [9.17, 15) is 14.4 Å². The SMILES string of the molecule is CC(=O)N[C@@H](CS)C(=O)O.CC1=CC(=O)[C@H]2C[C@@H]1C2(C)C.CN(Cc1cc(Br)cc(Br)c1N)C1CCCCC1. The second-order valence-corrected chi connectivity index (χ2v) is 13.5. The number of carboxylic acid groups (broad SMARTS) is 1. The Hall–Kier alpha value is -1.36. The normalized spacial score (nSPS) is 22.3. The van der Waals surface area contributed by atoms with Crippen molar-refractivity contribution < 1.29 is 19.5 Å². The van der Waals surface area contributed by atoms with E-state index in [1.54, 1.807) is 0 Å². The number of hydrogen-bond acceptors (Lipinski definition) is 6. The van der Waals surface area contributed by atoms with Gasteiger partial charge in [0, 0.05) is 40.1 Å². The number of carbonyl (C=O) groups excluding carboxylic acids is 2. The Morgan fingerprint density at radius 1 is 1.21 bits per heavy atom. The fourth-order valence-electron chi connectivity index (χ4n) is 5.73. The number of aliphatic carboxylic acids is 1. The molecule has 4 aliphatic rings. The molecule has 4 N–H and O–H groups in total. The molecule has 1 aromatic rings. The number of carbonyl (C=O) groups is 3. The number of rotatable bonds is 6. The monoisotopic (exact) mass is 687 g/mol. The summed E-state index contributed by atoms with van der Waals surface area (Å²) in [7, 11) is 2.21. The molecule has 0 aromatic heterocycles. The van der Waals surface area contributed by atoms with Crippen LogP contribution in [0.25, 0.3) is 0 Å². The Bertz CT molecular complexity index is 1070. The number of nitrogens with two attached hydrogens (primary N) is 1. The van der Waals surface area contributed by atoms with E-state index < -0.39 is 12.0 Å². The number of carboxylic acids is 1. The van der Waals surface area contributed by atoms with Gasteiger partial charge in [0.05, 0.1) is 5.69 Å². The van der Waals surface area contributed by atoms with E-state index in [0.29, 0.717) is 17.6 Å². The summed E-state index contributed by atoms with van der Waals surface area (Å²) in [6.45, 7) is 8.69. The minimum atomic E-state index is -1.06. The third kappa shape index (κ3) is 9.33. The van der Waals surface area contributed by atoms with Gasteiger partial charge in [0.2, 0.25) is 5.91 Å². The number of amides is 1. The molecular weight excluding hydrogens is 646 g/mol. The van der Waals surface area contributed by atoms with E-state index in [1.165, 1.54) is 50.2 Å². The molecular formula is C29H43Br2N3O4S. The Balaban J connectivity index is 0.000000219. The number of hydrogen-bond donors (Lipinski definition) is 4. The number of thiol groups is 1. The molecule has 4 aliphatic carbocycles. The molecule has 2 bridgehead atoms. The number of nitrogens with one attached hydrogen (secondary N) is 1. The maximum Gasteiger partial charge on any atom is 0.327 e. The standard InChI is InChI=1S/C14H20Br2N2.C10H14O.C5H9NO3S/c1-18(12-5-3-2-4-6-12)9-10-7-11(15)8-13(16)14(10)17;1-6-4-9(11)8-5-7(6)10(8,2)3;1-3(7)6-4(2-10)5(8)9/h7-8,12H,2-6,9,17H2,1H3;4,7-8H,5H2,1-3H3;4,10H,2H2,1H3,(H,6,7)(H,8,9)/t;7-,8+;4-/m.00/s1. The second-order valence-electron chi connectivity index (χ2n) is 11.4. The van der Waals surface area contributed by atoms with Crippen LogP contribution in [0, 0.1) is 17.3 Å². The number of nitrogens with zero attached hydrogens (tertiary/aromatic N) is 1. The van der Waals surface area contributed by atoms with Crippen LogP contribution in [0.3, 0.4) is 0 Å². The topological polar surface area (TPSA) is 113 Å². The summed E-state index contributed by atoms with van der Waals surface area (Å²) < 4.78 is 2.06. The highest BCUT2D eigenvalue weighted by atomic mass is 79.9. The minimum absolute atomic E-state index is 0.106. The predicted octanol–water partition coefficient (Wildman–Crippen LogP) is 6.24. The number of ketones is 1. The van der Waals surface area contributed by atoms with E-state index in [-0.39, 0.29) is 17.1 Å². The van der Waals surface area contributed by atoms with Gasteiger partial charge in [0.25, 0.3) is 0 Å². The van der Waals surface area contributed by atoms with Crippen molar-refractivity contribution in [1.29, 1.82) is 0 Å². The van der Waals surface area contributed by atoms with Crippen LogP contribution in [0.2, 0.25) is 0 Å². The number of allylic oxidation sites excluding steroid dienone is 2. The first-order valence-corrected chi connectivity index (χ1v) is 15.7. The zero-order valence-electron chi connectivity index (χ0n) is 23.6. The third-order valence-electron chi connectivity index (χ3n) is 8.19. The summed E-state index contributed by atoms with van der Waals surface area (Å²) >= 11 is 10.8. The van der Waals surface area contributed by atoms with E-state index in [0.717, 1.165) is 33.6 Å². The van der Waals surface area contributed by atoms with Gasteiger partial charge in [-0.25, -0.2) is 4.79 Å². The lowest BCUT2D eigenvalue weighted by Gasteiger charge is -2.54. The Morgan fingerprint density at radius 2 is 1.82 bits per heavy atom. The maximum atomic E-state index is 11.4. The Labute approximate surface area is 255 Å². The van der Waals surface area contributed by atoms with Crippen LogP contribution in [-0.4, -0.2) is 52.6 Å². The van der Waals surface area contributed by atoms with Crippen molar-refractivity contribution in [3.63, 3.8) is 0 Å². The molecule has 0 radical (unpaired) electrons. The van der Waals surface area contributed by atoms with Crippen molar-refractivity contribution in [1.82, 2.24) is 10.2 Å². The molecule has 0 heterocycles. The van der Waals surface area contributed by atoms with Crippen LogP contribution in [0.15, 0.2) is 32.7 Å². The molecule has 2 fully saturated rings. The first kappa shape index (κ1) is 33.8. The van der Waals surface area contributed by atoms with Gasteiger partial charge in [-0.15, -0.1) is 0 Å². The van der Waals surface area contributed by atoms with Crippen molar-refractivity contribution in [2.45, 2.75) is 84.8 Å². The van der Waals surface area contributed by atoms with E-state index >= 15 is 0 Å². The summed E-state index contributed by atoms with van der Waals surface area (Å²) in [5, 5.41) is 10.6. The van der Waals surface area contributed by atoms with Gasteiger partial charge in [-0.05, 0) is 84.3 Å². The average molecular weight is 690 g/mol. The summed E-state index contributed by atoms with van der Waals surface area (Å²) in [5.74, 6) is 0.0533. The van der Waals surface area contributed by atoms with Crippen molar-refractivity contribution in [2.24, 2.45) is 17.3 Å². The highest BCUT2D eigenvalue weighted by molar-refractivity contribution is 9.11. The molecule has 7 nitrogen and oxygen atoms in total. The molecule has 5 rings (SSSR count). The maximum absolute atomic E-state index is 11.4. The lowest BCUT2D eigenvalue weighted by atomic mass is 9.49. The fraction of sp³-hybridized carbons (Fsp3) is 0.621. The molecule has 39 heavy (non-hydrogen) atoms. The van der Waals surface area contributed by atoms with Gasteiger partial charge >= 0.3 is 5.97 Å². The average Bonchev–Trinajstić information content (AvgIpc) is 2.85. The van der Waals surface area contributed by atoms with Crippen LogP contribution in [-0.2, 0) is 20.9 Å². The fourth-order valence-corrected chi connectivity index (χ4v) is 7.29. The molecule has 0 saturated heterocycles. The van der Waals surface area contributed by atoms with Crippen LogP contribution in [0.1, 0.15) is 71.8 Å². The van der Waals surface area contributed by atoms with Gasteiger partial charge in [0.15, 0.2) is 5.78 Å². The predicted molar refractivity (Wildman–Crippen MR) is 168 cm³/mol. The smallest absolute Gasteiger partial charge is 0.327 e. The summed E-state index contributed by atoms with van der Waals surface area (Å²) in [6.07, 6.45) is 9.73. The molecule has 218 valence electrons. The first-order chi connectivity index (χ1) is 18.2. The number of fused-ring (bicyclic) bond motifs is 1. The third-order valence-corrected chi connectivity index (χ3v) is 9.67. The second kappa shape index (κ2) is 15.0. The Kier molecular flexibility index (Phi) is 13.0. The van der Waals surface area contributed by atoms with Gasteiger partial charge in [-0.1, -0.05) is 54.6 Å². The number of nitrogen functional groups attached to an aromatic ring is 1. The molecule has 2 saturated carbocycles. The van der Waals surface area contributed by atoms with Crippen LogP contribution < -0.4 is 11.1 Å². The highest BCUT2D eigenvalue weighted by Crippen LogP contribution is 2.57. The zero-order chi connectivity index (χ0) is 29.5. The molecule has 1 amide bonds. The number of halogens is 2. The largest absolute Gasteiger partial charge is 0.480 e. The van der Waals surface area contributed by atoms with E-state index in [1.807, 2.05) is 12.1 Å². The first-order valence-electron chi connectivity index (χ1n) is 13.4. The van der Waals surface area contributed by atoms with Gasteiger partial charge < -0.3 is 16.2 Å². The van der Waals surface area contributed by atoms with Crippen LogP contribution >= 0.6 is 44.5 Å². The van der Waals surface area contributed by atoms with Crippen molar-refractivity contribution in [3.8, 4) is 0 Å². The lowest BCUT2D eigenvalue weighted by Crippen LogP contribution is -2.51. The highest BCUT2D eigenvalue weighted by Gasteiger charge is 2.54. The van der Waals surface area contributed by atoms with E-state index in [2.05, 4.69) is 88.6 Å².